The Bertz CT molecular complexity index is 73.8. The first-order valence-corrected chi connectivity index (χ1v) is 3.91. The van der Waals surface area contributed by atoms with Crippen LogP contribution in [0.4, 0.5) is 0 Å². The molecule has 6 nitrogen and oxygen atoms in total. The standard InChI is InChI=1S/3Ca.2H2O3Si.6H/c;;;2*1-4(2)3;;;;;;/h;;;2*1-2H;;;;;;. The van der Waals surface area contributed by atoms with Crippen LogP contribution in [0.1, 0.15) is 0 Å². The summed E-state index contributed by atoms with van der Waals surface area (Å²) in [7, 11) is -6.26. The number of rotatable bonds is 0. The van der Waals surface area contributed by atoms with Gasteiger partial charge in [-0.15, -0.1) is 0 Å². The van der Waals surface area contributed by atoms with Crippen molar-refractivity contribution < 1.29 is 28.1 Å². The maximum absolute atomic E-state index is 8.74. The Morgan fingerprint density at radius 2 is 0.636 bits per heavy atom. The van der Waals surface area contributed by atoms with Crippen LogP contribution < -0.4 is 0 Å². The van der Waals surface area contributed by atoms with Gasteiger partial charge in [0.25, 0.3) is 0 Å². The van der Waals surface area contributed by atoms with Gasteiger partial charge in [0.1, 0.15) is 0 Å². The Morgan fingerprint density at radius 3 is 0.636 bits per heavy atom. The van der Waals surface area contributed by atoms with E-state index in [1.165, 1.54) is 0 Å². The second-order valence-electron chi connectivity index (χ2n) is 0.565. The molecule has 11 heavy (non-hydrogen) atoms. The van der Waals surface area contributed by atoms with Crippen molar-refractivity contribution in [1.82, 2.24) is 0 Å². The first-order chi connectivity index (χ1) is 3.46. The third-order valence-electron chi connectivity index (χ3n) is 0. The van der Waals surface area contributed by atoms with Gasteiger partial charge in [0.15, 0.2) is 0 Å². The number of hydrogen-bond donors (Lipinski definition) is 4. The third-order valence-corrected chi connectivity index (χ3v) is 0. The van der Waals surface area contributed by atoms with Gasteiger partial charge in [-0.1, -0.05) is 0 Å². The Hall–Kier alpha value is 3.01. The van der Waals surface area contributed by atoms with Crippen LogP contribution in [0.3, 0.4) is 0 Å². The average molecular weight is 282 g/mol. The topological polar surface area (TPSA) is 115 Å². The second kappa shape index (κ2) is 23.1. The summed E-state index contributed by atoms with van der Waals surface area (Å²) in [5, 5.41) is 0. The summed E-state index contributed by atoms with van der Waals surface area (Å²) < 4.78 is 17.5. The van der Waals surface area contributed by atoms with Gasteiger partial charge in [-0.05, 0) is 0 Å². The van der Waals surface area contributed by atoms with E-state index in [4.69, 9.17) is 28.1 Å². The van der Waals surface area contributed by atoms with Crippen LogP contribution >= 0.6 is 0 Å². The van der Waals surface area contributed by atoms with Crippen molar-refractivity contribution in [2.45, 2.75) is 0 Å². The quantitative estimate of drug-likeness (QED) is 0.329. The van der Waals surface area contributed by atoms with E-state index in [2.05, 4.69) is 0 Å². The fourth-order valence-corrected chi connectivity index (χ4v) is 0. The van der Waals surface area contributed by atoms with Gasteiger partial charge in [0.05, 0.1) is 0 Å². The van der Waals surface area contributed by atoms with E-state index in [0.717, 1.165) is 0 Å². The Balaban J connectivity index is -0.0000000171. The van der Waals surface area contributed by atoms with Crippen LogP contribution in [-0.2, 0) is 8.92 Å². The van der Waals surface area contributed by atoms with Gasteiger partial charge in [-0.3, -0.25) is 8.92 Å². The van der Waals surface area contributed by atoms with E-state index in [1.807, 2.05) is 0 Å². The van der Waals surface area contributed by atoms with E-state index >= 15 is 0 Å². The van der Waals surface area contributed by atoms with Gasteiger partial charge in [0.2, 0.25) is 0 Å². The fraction of sp³-hybridized carbons (Fsp3) is 0. The molecule has 0 saturated carbocycles. The molecule has 0 amide bonds. The molecule has 0 aromatic carbocycles. The van der Waals surface area contributed by atoms with Crippen molar-refractivity contribution in [3.8, 4) is 0 Å². The van der Waals surface area contributed by atoms with Crippen molar-refractivity contribution >= 4 is 132 Å². The summed E-state index contributed by atoms with van der Waals surface area (Å²) in [5.41, 5.74) is 0. The summed E-state index contributed by atoms with van der Waals surface area (Å²) in [6, 6.07) is 0. The molecule has 0 fully saturated rings. The number of hydrogen-bond acceptors (Lipinski definition) is 2. The molecule has 0 unspecified atom stereocenters. The molecular formula is H10Ca3O6Si2. The van der Waals surface area contributed by atoms with Crippen LogP contribution in [-0.4, -0.2) is 151 Å². The van der Waals surface area contributed by atoms with Gasteiger partial charge >= 0.3 is 132 Å². The van der Waals surface area contributed by atoms with Crippen molar-refractivity contribution in [3.63, 3.8) is 0 Å². The maximum atomic E-state index is 8.74. The molecule has 0 rings (SSSR count). The van der Waals surface area contributed by atoms with E-state index in [1.54, 1.807) is 0 Å². The molecule has 11 heteroatoms. The first kappa shape index (κ1) is 29.2. The van der Waals surface area contributed by atoms with Crippen LogP contribution in [0.2, 0.25) is 0 Å². The molecule has 0 radical (unpaired) electrons. The summed E-state index contributed by atoms with van der Waals surface area (Å²) in [5.74, 6) is 0. The molecule has 0 aliphatic rings. The van der Waals surface area contributed by atoms with Crippen molar-refractivity contribution in [2.24, 2.45) is 0 Å². The first-order valence-electron chi connectivity index (χ1n) is 1.30. The minimum atomic E-state index is -3.13. The molecule has 0 atom stereocenters. The zero-order valence-corrected chi connectivity index (χ0v) is 5.61. The van der Waals surface area contributed by atoms with Crippen molar-refractivity contribution in [3.05, 3.63) is 0 Å². The molecule has 0 saturated heterocycles. The van der Waals surface area contributed by atoms with E-state index in [0.29, 0.717) is 0 Å². The Kier molecular flexibility index (Phi) is 61.4. The predicted molar refractivity (Wildman–Crippen MR) is 47.4 cm³/mol. The summed E-state index contributed by atoms with van der Waals surface area (Å²) in [6.07, 6.45) is 0. The molecule has 0 aliphatic heterocycles. The minimum absolute atomic E-state index is 0. The Morgan fingerprint density at radius 1 is 0.636 bits per heavy atom. The molecule has 0 heterocycles. The predicted octanol–water partition coefficient (Wildman–Crippen LogP) is -5.98. The van der Waals surface area contributed by atoms with Crippen LogP contribution in [0.25, 0.3) is 0 Å². The molecule has 0 aromatic heterocycles. The van der Waals surface area contributed by atoms with Crippen LogP contribution in [0.5, 0.6) is 0 Å². The molecule has 60 valence electrons. The molecule has 0 spiro atoms. The van der Waals surface area contributed by atoms with Gasteiger partial charge in [0, 0.05) is 0 Å². The van der Waals surface area contributed by atoms with Gasteiger partial charge in [-0.2, -0.15) is 0 Å². The summed E-state index contributed by atoms with van der Waals surface area (Å²) in [6.45, 7) is 0. The zero-order chi connectivity index (χ0) is 7.15. The van der Waals surface area contributed by atoms with Crippen LogP contribution in [0, 0.1) is 0 Å². The Labute approximate surface area is 156 Å². The summed E-state index contributed by atoms with van der Waals surface area (Å²) in [4.78, 5) is 28.6. The zero-order valence-electron chi connectivity index (χ0n) is 3.61. The van der Waals surface area contributed by atoms with Crippen molar-refractivity contribution in [2.75, 3.05) is 0 Å². The van der Waals surface area contributed by atoms with E-state index in [9.17, 15) is 0 Å². The van der Waals surface area contributed by atoms with Crippen LogP contribution in [0.15, 0.2) is 0 Å². The van der Waals surface area contributed by atoms with E-state index in [-0.39, 0.29) is 113 Å². The molecule has 0 aromatic rings. The molecule has 0 aliphatic carbocycles. The van der Waals surface area contributed by atoms with E-state index < -0.39 is 18.3 Å². The summed E-state index contributed by atoms with van der Waals surface area (Å²) >= 11 is 0. The molecule has 0 bridgehead atoms. The van der Waals surface area contributed by atoms with Crippen molar-refractivity contribution in [1.29, 1.82) is 0 Å². The monoisotopic (exact) mass is 282 g/mol. The molecular weight excluding hydrogens is 272 g/mol. The van der Waals surface area contributed by atoms with Gasteiger partial charge < -0.3 is 19.2 Å². The third kappa shape index (κ3) is 174. The second-order valence-corrected chi connectivity index (χ2v) is 1.70. The SMILES string of the molecule is O=[Si](O)O.O=[Si](O)O.[CaH2].[CaH2].[CaH2]. The molecule has 4 N–H and O–H groups in total. The van der Waals surface area contributed by atoms with Gasteiger partial charge in [-0.25, -0.2) is 0 Å². The average Bonchev–Trinajstić information content (AvgIpc) is 1.25. The fourth-order valence-electron chi connectivity index (χ4n) is 0. The normalized spacial score (nSPS) is 4.36.